The molecule has 0 radical (unpaired) electrons. The van der Waals surface area contributed by atoms with Crippen LogP contribution in [0.15, 0.2) is 72.8 Å². The fourth-order valence-corrected chi connectivity index (χ4v) is 9.31. The highest BCUT2D eigenvalue weighted by molar-refractivity contribution is 6.99. The minimum Gasteiger partial charge on any atom is -0.444 e. The molecule has 2 aromatic carbocycles. The molecule has 1 aliphatic rings. The van der Waals surface area contributed by atoms with Gasteiger partial charge in [-0.2, -0.15) is 0 Å². The average Bonchev–Trinajstić information content (AvgIpc) is 2.76. The number of carbonyl (C=O) groups is 2. The van der Waals surface area contributed by atoms with E-state index in [2.05, 4.69) is 45.0 Å². The second-order valence-electron chi connectivity index (χ2n) is 11.2. The van der Waals surface area contributed by atoms with Crippen molar-refractivity contribution in [3.8, 4) is 0 Å². The third-order valence-corrected chi connectivity index (χ3v) is 11.3. The lowest BCUT2D eigenvalue weighted by Gasteiger charge is -2.44. The number of rotatable bonds is 5. The Bertz CT molecular complexity index is 983. The van der Waals surface area contributed by atoms with Gasteiger partial charge in [-0.15, -0.1) is 0 Å². The normalized spacial score (nSPS) is 18.5. The van der Waals surface area contributed by atoms with Crippen molar-refractivity contribution in [2.45, 2.75) is 71.1 Å². The van der Waals surface area contributed by atoms with Crippen LogP contribution >= 0.6 is 0 Å². The summed E-state index contributed by atoms with van der Waals surface area (Å²) in [4.78, 5) is 27.5. The summed E-state index contributed by atoms with van der Waals surface area (Å²) >= 11 is 0. The van der Waals surface area contributed by atoms with E-state index in [4.69, 9.17) is 9.16 Å². The lowest BCUT2D eigenvalue weighted by atomic mass is 10.1. The van der Waals surface area contributed by atoms with Gasteiger partial charge in [0.15, 0.2) is 5.78 Å². The molecule has 1 amide bonds. The quantitative estimate of drug-likeness (QED) is 0.545. The molecule has 1 aliphatic heterocycles. The van der Waals surface area contributed by atoms with E-state index >= 15 is 0 Å². The van der Waals surface area contributed by atoms with Gasteiger partial charge in [0.25, 0.3) is 8.32 Å². The second-order valence-corrected chi connectivity index (χ2v) is 15.5. The molecule has 1 atom stereocenters. The maximum atomic E-state index is 13.2. The smallest absolute Gasteiger partial charge is 0.410 e. The number of amides is 1. The second kappa shape index (κ2) is 10.9. The molecule has 6 heteroatoms. The summed E-state index contributed by atoms with van der Waals surface area (Å²) in [7, 11) is -2.80. The Hall–Kier alpha value is -2.70. The molecule has 35 heavy (non-hydrogen) atoms. The van der Waals surface area contributed by atoms with Gasteiger partial charge in [-0.3, -0.25) is 4.79 Å². The number of hydrogen-bond donors (Lipinski definition) is 0. The highest BCUT2D eigenvalue weighted by Crippen LogP contribution is 2.37. The molecule has 1 heterocycles. The summed E-state index contributed by atoms with van der Waals surface area (Å²) in [5, 5.41) is 2.14. The van der Waals surface area contributed by atoms with Gasteiger partial charge in [-0.05, 0) is 48.7 Å². The van der Waals surface area contributed by atoms with Crippen molar-refractivity contribution in [1.29, 1.82) is 0 Å². The van der Waals surface area contributed by atoms with Crippen LogP contribution in [0.3, 0.4) is 0 Å². The highest BCUT2D eigenvalue weighted by Gasteiger charge is 2.50. The first-order valence-corrected chi connectivity index (χ1v) is 14.3. The molecule has 5 nitrogen and oxygen atoms in total. The first-order valence-electron chi connectivity index (χ1n) is 12.4. The van der Waals surface area contributed by atoms with E-state index in [1.165, 1.54) is 10.4 Å². The van der Waals surface area contributed by atoms with E-state index in [0.29, 0.717) is 13.0 Å². The van der Waals surface area contributed by atoms with Crippen LogP contribution in [-0.2, 0) is 14.0 Å². The molecule has 0 bridgehead atoms. The molecular weight excluding hydrogens is 454 g/mol. The predicted molar refractivity (Wildman–Crippen MR) is 144 cm³/mol. The fourth-order valence-electron chi connectivity index (χ4n) is 4.71. The van der Waals surface area contributed by atoms with Crippen LogP contribution in [0.5, 0.6) is 0 Å². The lowest BCUT2D eigenvalue weighted by molar-refractivity contribution is -0.116. The molecular formula is C29H39NO4Si. The number of ether oxygens (including phenoxy) is 1. The fraction of sp³-hybridized carbons (Fsp3) is 0.448. The van der Waals surface area contributed by atoms with Crippen molar-refractivity contribution in [3.63, 3.8) is 0 Å². The summed E-state index contributed by atoms with van der Waals surface area (Å²) in [6.45, 7) is 13.0. The molecule has 0 unspecified atom stereocenters. The predicted octanol–water partition coefficient (Wildman–Crippen LogP) is 5.09. The van der Waals surface area contributed by atoms with E-state index in [0.717, 1.165) is 0 Å². The standard InChI is InChI=1S/C29H39NO4Si/c1-28(2,3)34-27(32)30-20-14-13-15-24(31)21-23(30)22-33-35(29(4,5)6,25-16-9-7-10-17-25)26-18-11-8-12-19-26/h7-13,15-19,23H,14,20-22H2,1-6H3/b15-13-/t23-/m0/s1. The number of hydrogen-bond acceptors (Lipinski definition) is 4. The van der Waals surface area contributed by atoms with Crippen LogP contribution in [0.2, 0.25) is 5.04 Å². The minimum atomic E-state index is -2.80. The molecule has 0 spiro atoms. The average molecular weight is 494 g/mol. The van der Waals surface area contributed by atoms with Gasteiger partial charge in [-0.1, -0.05) is 87.5 Å². The summed E-state index contributed by atoms with van der Waals surface area (Å²) in [5.74, 6) is -0.00527. The van der Waals surface area contributed by atoms with Gasteiger partial charge in [-0.25, -0.2) is 4.79 Å². The van der Waals surface area contributed by atoms with Crippen molar-refractivity contribution in [1.82, 2.24) is 4.90 Å². The first-order chi connectivity index (χ1) is 16.4. The molecule has 0 aromatic heterocycles. The highest BCUT2D eigenvalue weighted by atomic mass is 28.4. The Morgan fingerprint density at radius 2 is 1.49 bits per heavy atom. The summed E-state index contributed by atoms with van der Waals surface area (Å²) in [5.41, 5.74) is -0.622. The molecule has 0 aliphatic carbocycles. The number of allylic oxidation sites excluding steroid dienone is 1. The number of benzene rings is 2. The van der Waals surface area contributed by atoms with Crippen molar-refractivity contribution >= 4 is 30.6 Å². The Morgan fingerprint density at radius 3 is 1.97 bits per heavy atom. The zero-order chi connectivity index (χ0) is 25.7. The Kier molecular flexibility index (Phi) is 8.39. The Labute approximate surface area is 211 Å². The van der Waals surface area contributed by atoms with E-state index in [-0.39, 0.29) is 23.8 Å². The third-order valence-electron chi connectivity index (χ3n) is 6.26. The van der Waals surface area contributed by atoms with Crippen LogP contribution < -0.4 is 10.4 Å². The monoisotopic (exact) mass is 493 g/mol. The van der Waals surface area contributed by atoms with E-state index in [1.807, 2.05) is 63.2 Å². The van der Waals surface area contributed by atoms with Gasteiger partial charge in [0.2, 0.25) is 0 Å². The number of nitrogens with zero attached hydrogens (tertiary/aromatic N) is 1. The number of carbonyl (C=O) groups excluding carboxylic acids is 2. The van der Waals surface area contributed by atoms with Gasteiger partial charge in [0.1, 0.15) is 5.60 Å². The SMILES string of the molecule is CC(C)(C)OC(=O)N1CC/C=C\C(=O)C[C@H]1CO[Si](c1ccccc1)(c1ccccc1)C(C)(C)C. The third kappa shape index (κ3) is 6.50. The van der Waals surface area contributed by atoms with Crippen molar-refractivity contribution in [2.75, 3.05) is 13.2 Å². The first kappa shape index (κ1) is 26.9. The molecule has 0 saturated carbocycles. The van der Waals surface area contributed by atoms with Crippen LogP contribution in [0.25, 0.3) is 0 Å². The molecule has 188 valence electrons. The van der Waals surface area contributed by atoms with Crippen molar-refractivity contribution in [2.24, 2.45) is 0 Å². The summed E-state index contributed by atoms with van der Waals surface area (Å²) < 4.78 is 12.8. The maximum Gasteiger partial charge on any atom is 0.410 e. The largest absolute Gasteiger partial charge is 0.444 e. The Balaban J connectivity index is 2.03. The molecule has 3 rings (SSSR count). The zero-order valence-electron chi connectivity index (χ0n) is 21.9. The number of ketones is 1. The molecule has 0 fully saturated rings. The Morgan fingerprint density at radius 1 is 0.943 bits per heavy atom. The molecule has 0 N–H and O–H groups in total. The van der Waals surface area contributed by atoms with Crippen LogP contribution in [0.1, 0.15) is 54.4 Å². The van der Waals surface area contributed by atoms with Crippen LogP contribution in [-0.4, -0.2) is 49.9 Å². The minimum absolute atomic E-state index is 0.00527. The summed E-state index contributed by atoms with van der Waals surface area (Å²) in [6, 6.07) is 20.4. The van der Waals surface area contributed by atoms with Crippen LogP contribution in [0.4, 0.5) is 4.79 Å². The van der Waals surface area contributed by atoms with Crippen LogP contribution in [0, 0.1) is 0 Å². The topological polar surface area (TPSA) is 55.8 Å². The summed E-state index contributed by atoms with van der Waals surface area (Å²) in [6.07, 6.45) is 3.85. The lowest BCUT2D eigenvalue weighted by Crippen LogP contribution is -2.67. The van der Waals surface area contributed by atoms with E-state index < -0.39 is 26.1 Å². The van der Waals surface area contributed by atoms with Crippen molar-refractivity contribution < 1.29 is 18.8 Å². The maximum absolute atomic E-state index is 13.2. The van der Waals surface area contributed by atoms with Crippen molar-refractivity contribution in [3.05, 3.63) is 72.8 Å². The van der Waals surface area contributed by atoms with Gasteiger partial charge >= 0.3 is 6.09 Å². The van der Waals surface area contributed by atoms with Gasteiger partial charge in [0, 0.05) is 13.0 Å². The van der Waals surface area contributed by atoms with Gasteiger partial charge < -0.3 is 14.1 Å². The van der Waals surface area contributed by atoms with E-state index in [1.54, 1.807) is 11.0 Å². The zero-order valence-corrected chi connectivity index (χ0v) is 22.9. The molecule has 2 aromatic rings. The van der Waals surface area contributed by atoms with E-state index in [9.17, 15) is 9.59 Å². The van der Waals surface area contributed by atoms with Gasteiger partial charge in [0.05, 0.1) is 12.6 Å². The molecule has 0 saturated heterocycles.